The SMILES string of the molecule is COc1cc(CCNc2nccc(C)n2)ccc1O. The van der Waals surface area contributed by atoms with E-state index in [-0.39, 0.29) is 5.75 Å². The number of phenolic OH excluding ortho intramolecular Hbond substituents is 1. The average molecular weight is 259 g/mol. The van der Waals surface area contributed by atoms with Gasteiger partial charge in [-0.05, 0) is 37.1 Å². The molecule has 0 saturated heterocycles. The minimum atomic E-state index is 0.154. The summed E-state index contributed by atoms with van der Waals surface area (Å²) in [6.45, 7) is 2.65. The molecular weight excluding hydrogens is 242 g/mol. The average Bonchev–Trinajstić information content (AvgIpc) is 2.41. The molecule has 0 aliphatic carbocycles. The molecule has 0 spiro atoms. The molecule has 0 fully saturated rings. The molecule has 0 aliphatic heterocycles. The van der Waals surface area contributed by atoms with Crippen molar-refractivity contribution in [2.45, 2.75) is 13.3 Å². The Labute approximate surface area is 112 Å². The van der Waals surface area contributed by atoms with E-state index in [2.05, 4.69) is 15.3 Å². The lowest BCUT2D eigenvalue weighted by atomic mass is 10.1. The molecule has 2 aromatic rings. The van der Waals surface area contributed by atoms with Crippen LogP contribution in [-0.4, -0.2) is 28.7 Å². The fourth-order valence-electron chi connectivity index (χ4n) is 1.73. The molecule has 1 aromatic carbocycles. The van der Waals surface area contributed by atoms with Crippen molar-refractivity contribution in [3.63, 3.8) is 0 Å². The highest BCUT2D eigenvalue weighted by Crippen LogP contribution is 2.26. The van der Waals surface area contributed by atoms with E-state index in [0.717, 1.165) is 24.2 Å². The van der Waals surface area contributed by atoms with E-state index in [9.17, 15) is 5.11 Å². The fraction of sp³-hybridized carbons (Fsp3) is 0.286. The monoisotopic (exact) mass is 259 g/mol. The van der Waals surface area contributed by atoms with Gasteiger partial charge in [0.15, 0.2) is 11.5 Å². The molecule has 0 aliphatic rings. The van der Waals surface area contributed by atoms with Gasteiger partial charge in [0.05, 0.1) is 7.11 Å². The van der Waals surface area contributed by atoms with Crippen LogP contribution in [0.1, 0.15) is 11.3 Å². The van der Waals surface area contributed by atoms with Crippen molar-refractivity contribution in [2.75, 3.05) is 19.0 Å². The number of aryl methyl sites for hydroxylation is 1. The van der Waals surface area contributed by atoms with E-state index in [1.54, 1.807) is 12.3 Å². The Morgan fingerprint density at radius 1 is 1.32 bits per heavy atom. The Morgan fingerprint density at radius 2 is 2.16 bits per heavy atom. The van der Waals surface area contributed by atoms with Gasteiger partial charge in [0, 0.05) is 18.4 Å². The molecule has 0 radical (unpaired) electrons. The summed E-state index contributed by atoms with van der Waals surface area (Å²) < 4.78 is 5.07. The van der Waals surface area contributed by atoms with Crippen LogP contribution in [0.25, 0.3) is 0 Å². The van der Waals surface area contributed by atoms with E-state index < -0.39 is 0 Å². The molecule has 2 N–H and O–H groups in total. The van der Waals surface area contributed by atoms with Crippen LogP contribution in [0.5, 0.6) is 11.5 Å². The van der Waals surface area contributed by atoms with Gasteiger partial charge in [-0.2, -0.15) is 0 Å². The summed E-state index contributed by atoms with van der Waals surface area (Å²) in [5.74, 6) is 1.27. The van der Waals surface area contributed by atoms with Crippen molar-refractivity contribution < 1.29 is 9.84 Å². The summed E-state index contributed by atoms with van der Waals surface area (Å²) in [6, 6.07) is 7.19. The van der Waals surface area contributed by atoms with E-state index in [1.807, 2.05) is 25.1 Å². The van der Waals surface area contributed by atoms with Gasteiger partial charge in [0.25, 0.3) is 0 Å². The van der Waals surface area contributed by atoms with Crippen molar-refractivity contribution in [1.82, 2.24) is 9.97 Å². The highest BCUT2D eigenvalue weighted by Gasteiger charge is 2.03. The predicted octanol–water partition coefficient (Wildman–Crippen LogP) is 2.15. The fourth-order valence-corrected chi connectivity index (χ4v) is 1.73. The van der Waals surface area contributed by atoms with Crippen molar-refractivity contribution in [3.8, 4) is 11.5 Å². The number of hydrogen-bond acceptors (Lipinski definition) is 5. The first-order valence-electron chi connectivity index (χ1n) is 6.08. The first-order chi connectivity index (χ1) is 9.19. The van der Waals surface area contributed by atoms with E-state index in [4.69, 9.17) is 4.74 Å². The number of aromatic nitrogens is 2. The molecule has 0 amide bonds. The van der Waals surface area contributed by atoms with Crippen LogP contribution in [0, 0.1) is 6.92 Å². The normalized spacial score (nSPS) is 10.2. The number of aromatic hydroxyl groups is 1. The summed E-state index contributed by atoms with van der Waals surface area (Å²) in [7, 11) is 1.54. The minimum Gasteiger partial charge on any atom is -0.504 e. The van der Waals surface area contributed by atoms with Crippen LogP contribution in [0.3, 0.4) is 0 Å². The molecule has 2 rings (SSSR count). The van der Waals surface area contributed by atoms with Gasteiger partial charge < -0.3 is 15.2 Å². The Morgan fingerprint density at radius 3 is 2.89 bits per heavy atom. The van der Waals surface area contributed by atoms with Gasteiger partial charge >= 0.3 is 0 Å². The molecule has 0 unspecified atom stereocenters. The highest BCUT2D eigenvalue weighted by molar-refractivity contribution is 5.42. The maximum atomic E-state index is 9.51. The highest BCUT2D eigenvalue weighted by atomic mass is 16.5. The second-order valence-corrected chi connectivity index (χ2v) is 4.20. The van der Waals surface area contributed by atoms with Gasteiger partial charge in [0.1, 0.15) is 0 Å². The lowest BCUT2D eigenvalue weighted by Crippen LogP contribution is -2.08. The smallest absolute Gasteiger partial charge is 0.222 e. The number of hydrogen-bond donors (Lipinski definition) is 2. The number of rotatable bonds is 5. The molecule has 0 saturated carbocycles. The molecule has 0 bridgehead atoms. The summed E-state index contributed by atoms with van der Waals surface area (Å²) in [5.41, 5.74) is 2.01. The first kappa shape index (κ1) is 13.1. The van der Waals surface area contributed by atoms with E-state index >= 15 is 0 Å². The topological polar surface area (TPSA) is 67.3 Å². The number of anilines is 1. The van der Waals surface area contributed by atoms with Crippen molar-refractivity contribution in [3.05, 3.63) is 41.7 Å². The number of ether oxygens (including phenoxy) is 1. The van der Waals surface area contributed by atoms with Gasteiger partial charge in [0.2, 0.25) is 5.95 Å². The van der Waals surface area contributed by atoms with Crippen molar-refractivity contribution >= 4 is 5.95 Å². The third-order valence-electron chi connectivity index (χ3n) is 2.74. The maximum Gasteiger partial charge on any atom is 0.222 e. The molecule has 100 valence electrons. The molecule has 5 heteroatoms. The molecule has 1 aromatic heterocycles. The van der Waals surface area contributed by atoms with Gasteiger partial charge in [-0.25, -0.2) is 9.97 Å². The summed E-state index contributed by atoms with van der Waals surface area (Å²) in [6.07, 6.45) is 2.53. The third kappa shape index (κ3) is 3.58. The number of benzene rings is 1. The van der Waals surface area contributed by atoms with Crippen LogP contribution in [-0.2, 0) is 6.42 Å². The quantitative estimate of drug-likeness (QED) is 0.861. The van der Waals surface area contributed by atoms with Crippen LogP contribution in [0.4, 0.5) is 5.95 Å². The van der Waals surface area contributed by atoms with Gasteiger partial charge in [-0.15, -0.1) is 0 Å². The van der Waals surface area contributed by atoms with Gasteiger partial charge in [-0.1, -0.05) is 6.07 Å². The lowest BCUT2D eigenvalue weighted by molar-refractivity contribution is 0.373. The minimum absolute atomic E-state index is 0.154. The Bertz CT molecular complexity index is 558. The number of phenols is 1. The molecule has 5 nitrogen and oxygen atoms in total. The first-order valence-corrected chi connectivity index (χ1v) is 6.08. The van der Waals surface area contributed by atoms with Crippen LogP contribution < -0.4 is 10.1 Å². The predicted molar refractivity (Wildman–Crippen MR) is 73.6 cm³/mol. The zero-order valence-corrected chi connectivity index (χ0v) is 11.1. The van der Waals surface area contributed by atoms with E-state index in [0.29, 0.717) is 11.7 Å². The lowest BCUT2D eigenvalue weighted by Gasteiger charge is -2.08. The van der Waals surface area contributed by atoms with Gasteiger partial charge in [-0.3, -0.25) is 0 Å². The largest absolute Gasteiger partial charge is 0.504 e. The Hall–Kier alpha value is -2.30. The number of methoxy groups -OCH3 is 1. The molecule has 1 heterocycles. The van der Waals surface area contributed by atoms with Crippen molar-refractivity contribution in [2.24, 2.45) is 0 Å². The Balaban J connectivity index is 1.92. The third-order valence-corrected chi connectivity index (χ3v) is 2.74. The molecular formula is C14H17N3O2. The number of nitrogens with zero attached hydrogens (tertiary/aromatic N) is 2. The molecule has 19 heavy (non-hydrogen) atoms. The van der Waals surface area contributed by atoms with E-state index in [1.165, 1.54) is 7.11 Å². The number of nitrogens with one attached hydrogen (secondary N) is 1. The Kier molecular flexibility index (Phi) is 4.18. The summed E-state index contributed by atoms with van der Waals surface area (Å²) >= 11 is 0. The second kappa shape index (κ2) is 6.04. The standard InChI is InChI=1S/C14H17N3O2/c1-10-5-7-15-14(17-10)16-8-6-11-3-4-12(18)13(9-11)19-2/h3-5,7,9,18H,6,8H2,1-2H3,(H,15,16,17). The van der Waals surface area contributed by atoms with Crippen LogP contribution in [0.15, 0.2) is 30.5 Å². The van der Waals surface area contributed by atoms with Crippen LogP contribution >= 0.6 is 0 Å². The zero-order valence-electron chi connectivity index (χ0n) is 11.1. The van der Waals surface area contributed by atoms with Crippen LogP contribution in [0.2, 0.25) is 0 Å². The van der Waals surface area contributed by atoms with Crippen molar-refractivity contribution in [1.29, 1.82) is 0 Å². The maximum absolute atomic E-state index is 9.51. The second-order valence-electron chi connectivity index (χ2n) is 4.20. The summed E-state index contributed by atoms with van der Waals surface area (Å²) in [5, 5.41) is 12.7. The molecule has 0 atom stereocenters. The zero-order chi connectivity index (χ0) is 13.7. The summed E-state index contributed by atoms with van der Waals surface area (Å²) in [4.78, 5) is 8.40.